The van der Waals surface area contributed by atoms with Crippen LogP contribution in [0.2, 0.25) is 0 Å². The van der Waals surface area contributed by atoms with Crippen LogP contribution in [0.3, 0.4) is 0 Å². The first-order valence-corrected chi connectivity index (χ1v) is 12.0. The molecule has 0 saturated carbocycles. The van der Waals surface area contributed by atoms with E-state index in [-0.39, 0.29) is 11.8 Å². The minimum Gasteiger partial charge on any atom is -0.380 e. The molecule has 1 aliphatic rings. The van der Waals surface area contributed by atoms with Crippen molar-refractivity contribution in [1.82, 2.24) is 29.7 Å². The lowest BCUT2D eigenvalue weighted by atomic mass is 10.2. The van der Waals surface area contributed by atoms with Crippen LogP contribution in [0.25, 0.3) is 0 Å². The summed E-state index contributed by atoms with van der Waals surface area (Å²) in [6.07, 6.45) is 9.43. The molecule has 184 valence electrons. The van der Waals surface area contributed by atoms with Crippen LogP contribution in [-0.4, -0.2) is 75.0 Å². The van der Waals surface area contributed by atoms with Crippen molar-refractivity contribution in [2.45, 2.75) is 32.9 Å². The van der Waals surface area contributed by atoms with Crippen molar-refractivity contribution in [1.29, 1.82) is 0 Å². The SMILES string of the molecule is CC(C)Nc1cccnc1N1CCN(C(=O)c2ccc(C(=O)NCCCn3ccnc3)cn2)CC1. The van der Waals surface area contributed by atoms with E-state index >= 15 is 0 Å². The average molecular weight is 477 g/mol. The van der Waals surface area contributed by atoms with E-state index in [1.165, 1.54) is 6.20 Å². The van der Waals surface area contributed by atoms with Crippen molar-refractivity contribution in [3.8, 4) is 0 Å². The fourth-order valence-electron chi connectivity index (χ4n) is 4.00. The van der Waals surface area contributed by atoms with E-state index in [0.717, 1.165) is 24.5 Å². The zero-order valence-corrected chi connectivity index (χ0v) is 20.2. The topological polar surface area (TPSA) is 108 Å². The Kier molecular flexibility index (Phi) is 7.92. The maximum absolute atomic E-state index is 13.0. The number of carbonyl (C=O) groups is 2. The van der Waals surface area contributed by atoms with Gasteiger partial charge < -0.3 is 25.0 Å². The van der Waals surface area contributed by atoms with Crippen molar-refractivity contribution in [2.75, 3.05) is 42.9 Å². The van der Waals surface area contributed by atoms with E-state index in [9.17, 15) is 9.59 Å². The Bertz CT molecular complexity index is 1110. The first-order chi connectivity index (χ1) is 17.0. The maximum atomic E-state index is 13.0. The van der Waals surface area contributed by atoms with Gasteiger partial charge in [0.05, 0.1) is 17.6 Å². The first kappa shape index (κ1) is 24.2. The minimum absolute atomic E-state index is 0.126. The second-order valence-electron chi connectivity index (χ2n) is 8.79. The maximum Gasteiger partial charge on any atom is 0.272 e. The molecule has 10 heteroatoms. The van der Waals surface area contributed by atoms with Gasteiger partial charge in [0.1, 0.15) is 5.69 Å². The summed E-state index contributed by atoms with van der Waals surface area (Å²) in [4.78, 5) is 42.2. The molecule has 4 rings (SSSR count). The van der Waals surface area contributed by atoms with Gasteiger partial charge in [-0.05, 0) is 44.5 Å². The third kappa shape index (κ3) is 6.34. The number of carbonyl (C=O) groups excluding carboxylic acids is 2. The largest absolute Gasteiger partial charge is 0.380 e. The number of nitrogens with one attached hydrogen (secondary N) is 2. The summed E-state index contributed by atoms with van der Waals surface area (Å²) in [5.74, 6) is 0.585. The highest BCUT2D eigenvalue weighted by atomic mass is 16.2. The fraction of sp³-hybridized carbons (Fsp3) is 0.400. The molecule has 35 heavy (non-hydrogen) atoms. The van der Waals surface area contributed by atoms with Gasteiger partial charge in [-0.3, -0.25) is 14.6 Å². The molecule has 4 heterocycles. The molecule has 0 radical (unpaired) electrons. The van der Waals surface area contributed by atoms with Crippen LogP contribution in [-0.2, 0) is 6.54 Å². The Hall–Kier alpha value is -3.95. The fourth-order valence-corrected chi connectivity index (χ4v) is 4.00. The van der Waals surface area contributed by atoms with Crippen LogP contribution in [0.1, 0.15) is 41.1 Å². The lowest BCUT2D eigenvalue weighted by molar-refractivity contribution is 0.0740. The van der Waals surface area contributed by atoms with E-state index in [2.05, 4.69) is 44.3 Å². The number of anilines is 2. The molecular formula is C25H32N8O2. The third-order valence-electron chi connectivity index (χ3n) is 5.78. The molecule has 0 atom stereocenters. The summed E-state index contributed by atoms with van der Waals surface area (Å²) < 4.78 is 1.96. The average Bonchev–Trinajstić information content (AvgIpc) is 3.40. The number of hydrogen-bond acceptors (Lipinski definition) is 7. The van der Waals surface area contributed by atoms with Crippen molar-refractivity contribution in [2.24, 2.45) is 0 Å². The summed E-state index contributed by atoms with van der Waals surface area (Å²) in [5, 5.41) is 6.32. The zero-order chi connectivity index (χ0) is 24.6. The smallest absolute Gasteiger partial charge is 0.272 e. The van der Waals surface area contributed by atoms with Gasteiger partial charge in [-0.1, -0.05) is 0 Å². The molecule has 3 aromatic heterocycles. The number of hydrogen-bond donors (Lipinski definition) is 2. The van der Waals surface area contributed by atoms with Gasteiger partial charge in [-0.15, -0.1) is 0 Å². The molecule has 2 amide bonds. The summed E-state index contributed by atoms with van der Waals surface area (Å²) in [6, 6.07) is 7.53. The van der Waals surface area contributed by atoms with Crippen LogP contribution >= 0.6 is 0 Å². The molecule has 10 nitrogen and oxygen atoms in total. The molecule has 0 aromatic carbocycles. The Labute approximate surface area is 205 Å². The Balaban J connectivity index is 1.27. The summed E-state index contributed by atoms with van der Waals surface area (Å²) in [7, 11) is 0. The number of nitrogens with zero attached hydrogens (tertiary/aromatic N) is 6. The predicted octanol–water partition coefficient (Wildman–Crippen LogP) is 2.28. The van der Waals surface area contributed by atoms with Crippen LogP contribution in [0.5, 0.6) is 0 Å². The molecular weight excluding hydrogens is 444 g/mol. The molecule has 0 aliphatic carbocycles. The first-order valence-electron chi connectivity index (χ1n) is 12.0. The molecule has 1 fully saturated rings. The second-order valence-corrected chi connectivity index (χ2v) is 8.79. The Morgan fingerprint density at radius 1 is 1.06 bits per heavy atom. The van der Waals surface area contributed by atoms with Gasteiger partial charge in [-0.25, -0.2) is 9.97 Å². The van der Waals surface area contributed by atoms with Gasteiger partial charge in [0.2, 0.25) is 0 Å². The van der Waals surface area contributed by atoms with Crippen LogP contribution in [0.4, 0.5) is 11.5 Å². The summed E-state index contributed by atoms with van der Waals surface area (Å²) >= 11 is 0. The molecule has 0 spiro atoms. The molecule has 0 unspecified atom stereocenters. The van der Waals surface area contributed by atoms with Gasteiger partial charge in [0.25, 0.3) is 11.8 Å². The molecule has 0 bridgehead atoms. The molecule has 2 N–H and O–H groups in total. The number of aryl methyl sites for hydroxylation is 1. The number of piperazine rings is 1. The van der Waals surface area contributed by atoms with Gasteiger partial charge in [0.15, 0.2) is 5.82 Å². The number of aromatic nitrogens is 4. The quantitative estimate of drug-likeness (QED) is 0.456. The van der Waals surface area contributed by atoms with Crippen LogP contribution in [0, 0.1) is 0 Å². The highest BCUT2D eigenvalue weighted by Crippen LogP contribution is 2.24. The standard InChI is InChI=1S/C25H32N8O2/c1-19(2)30-21-5-3-8-27-23(21)32-13-15-33(16-14-32)25(35)22-7-6-20(17-29-22)24(34)28-9-4-11-31-12-10-26-18-31/h3,5-8,10,12,17-19,30H,4,9,11,13-16H2,1-2H3,(H,28,34). The van der Waals surface area contributed by atoms with E-state index in [1.807, 2.05) is 22.9 Å². The van der Waals surface area contributed by atoms with Crippen molar-refractivity contribution in [3.05, 3.63) is 66.6 Å². The molecule has 3 aromatic rings. The van der Waals surface area contributed by atoms with Gasteiger partial charge in [-0.2, -0.15) is 0 Å². The third-order valence-corrected chi connectivity index (χ3v) is 5.78. The Morgan fingerprint density at radius 2 is 1.89 bits per heavy atom. The van der Waals surface area contributed by atoms with Crippen molar-refractivity contribution < 1.29 is 9.59 Å². The molecule has 1 aliphatic heterocycles. The van der Waals surface area contributed by atoms with Gasteiger partial charge >= 0.3 is 0 Å². The van der Waals surface area contributed by atoms with Crippen molar-refractivity contribution in [3.63, 3.8) is 0 Å². The lowest BCUT2D eigenvalue weighted by Crippen LogP contribution is -2.49. The van der Waals surface area contributed by atoms with Crippen LogP contribution in [0.15, 0.2) is 55.4 Å². The van der Waals surface area contributed by atoms with E-state index < -0.39 is 0 Å². The van der Waals surface area contributed by atoms with Crippen LogP contribution < -0.4 is 15.5 Å². The van der Waals surface area contributed by atoms with E-state index in [1.54, 1.807) is 35.8 Å². The predicted molar refractivity (Wildman–Crippen MR) is 135 cm³/mol. The normalized spacial score (nSPS) is 13.7. The summed E-state index contributed by atoms with van der Waals surface area (Å²) in [6.45, 7) is 8.07. The lowest BCUT2D eigenvalue weighted by Gasteiger charge is -2.36. The van der Waals surface area contributed by atoms with Gasteiger partial charge in [0, 0.05) is 70.1 Å². The minimum atomic E-state index is -0.197. The van der Waals surface area contributed by atoms with E-state index in [4.69, 9.17) is 0 Å². The highest BCUT2D eigenvalue weighted by Gasteiger charge is 2.25. The number of amides is 2. The highest BCUT2D eigenvalue weighted by molar-refractivity contribution is 5.96. The monoisotopic (exact) mass is 476 g/mol. The Morgan fingerprint density at radius 3 is 2.57 bits per heavy atom. The number of rotatable bonds is 9. The van der Waals surface area contributed by atoms with E-state index in [0.29, 0.717) is 50.0 Å². The molecule has 1 saturated heterocycles. The zero-order valence-electron chi connectivity index (χ0n) is 20.2. The second kappa shape index (κ2) is 11.5. The van der Waals surface area contributed by atoms with Crippen molar-refractivity contribution >= 4 is 23.3 Å². The summed E-state index contributed by atoms with van der Waals surface area (Å²) in [5.41, 5.74) is 1.78. The number of pyridine rings is 2. The number of imidazole rings is 1.